The van der Waals surface area contributed by atoms with Crippen molar-refractivity contribution in [2.24, 2.45) is 9.98 Å². The van der Waals surface area contributed by atoms with Crippen molar-refractivity contribution in [2.75, 3.05) is 26.8 Å². The third-order valence-corrected chi connectivity index (χ3v) is 5.17. The number of rotatable bonds is 8. The number of ether oxygens (including phenoxy) is 1. The van der Waals surface area contributed by atoms with Crippen LogP contribution in [-0.2, 0) is 9.53 Å². The highest BCUT2D eigenvalue weighted by molar-refractivity contribution is 6.43. The van der Waals surface area contributed by atoms with Gasteiger partial charge in [0, 0.05) is 44.8 Å². The zero-order chi connectivity index (χ0) is 19.9. The Balaban J connectivity index is 1.51. The Bertz CT molecular complexity index is 754. The van der Waals surface area contributed by atoms with Gasteiger partial charge >= 0.3 is 0 Å². The van der Waals surface area contributed by atoms with Gasteiger partial charge < -0.3 is 15.4 Å². The molecule has 6 nitrogen and oxygen atoms in total. The van der Waals surface area contributed by atoms with Gasteiger partial charge in [-0.3, -0.25) is 14.8 Å². The number of aliphatic imine (C=N–C) groups is 2. The van der Waals surface area contributed by atoms with Crippen molar-refractivity contribution in [3.05, 3.63) is 47.4 Å². The number of carbonyl (C=O) groups excluding carboxylic acids is 1. The lowest BCUT2D eigenvalue weighted by Gasteiger charge is -2.23. The number of carbonyl (C=O) groups is 1. The van der Waals surface area contributed by atoms with Gasteiger partial charge in [-0.1, -0.05) is 12.1 Å². The van der Waals surface area contributed by atoms with Crippen molar-refractivity contribution in [1.82, 2.24) is 10.6 Å². The van der Waals surface area contributed by atoms with Gasteiger partial charge in [0.05, 0.1) is 5.70 Å². The summed E-state index contributed by atoms with van der Waals surface area (Å²) >= 11 is 0. The van der Waals surface area contributed by atoms with Crippen LogP contribution in [0.1, 0.15) is 30.7 Å². The Morgan fingerprint density at radius 2 is 2.04 bits per heavy atom. The highest BCUT2D eigenvalue weighted by atomic mass is 19.1. The maximum absolute atomic E-state index is 13.0. The lowest BCUT2D eigenvalue weighted by Crippen LogP contribution is -2.42. The quantitative estimate of drug-likeness (QED) is 0.673. The molecule has 28 heavy (non-hydrogen) atoms. The summed E-state index contributed by atoms with van der Waals surface area (Å²) in [4.78, 5) is 20.6. The van der Waals surface area contributed by atoms with Crippen LogP contribution in [0.5, 0.6) is 0 Å². The molecule has 1 heterocycles. The number of benzene rings is 1. The van der Waals surface area contributed by atoms with E-state index in [1.165, 1.54) is 12.1 Å². The van der Waals surface area contributed by atoms with Crippen LogP contribution in [-0.4, -0.2) is 57.2 Å². The average molecular weight is 386 g/mol. The van der Waals surface area contributed by atoms with Crippen molar-refractivity contribution in [3.63, 3.8) is 0 Å². The molecule has 0 unspecified atom stereocenters. The molecule has 150 valence electrons. The summed E-state index contributed by atoms with van der Waals surface area (Å²) in [7, 11) is 1.59. The second-order valence-corrected chi connectivity index (χ2v) is 7.14. The van der Waals surface area contributed by atoms with Crippen LogP contribution in [0.4, 0.5) is 4.39 Å². The molecule has 1 aliphatic carbocycles. The van der Waals surface area contributed by atoms with E-state index in [1.807, 2.05) is 12.1 Å². The van der Waals surface area contributed by atoms with E-state index in [2.05, 4.69) is 27.3 Å². The first kappa shape index (κ1) is 20.4. The van der Waals surface area contributed by atoms with Gasteiger partial charge in [-0.25, -0.2) is 4.39 Å². The highest BCUT2D eigenvalue weighted by Gasteiger charge is 2.37. The van der Waals surface area contributed by atoms with Crippen LogP contribution in [0.3, 0.4) is 0 Å². The van der Waals surface area contributed by atoms with E-state index in [0.29, 0.717) is 43.1 Å². The number of hydrogen-bond acceptors (Lipinski definition) is 5. The molecule has 2 N–H and O–H groups in total. The SMILES string of the molecule is C=N/C(=C\C(=NC)C(=O)NC1CCOCC1)CN[C@@H]1C[C@H]1c1ccc(F)cc1. The zero-order valence-electron chi connectivity index (χ0n) is 16.2. The number of nitrogens with zero attached hydrogens (tertiary/aromatic N) is 2. The molecule has 7 heteroatoms. The van der Waals surface area contributed by atoms with Crippen LogP contribution >= 0.6 is 0 Å². The Hall–Kier alpha value is -2.38. The minimum absolute atomic E-state index is 0.118. The predicted octanol–water partition coefficient (Wildman–Crippen LogP) is 2.22. The van der Waals surface area contributed by atoms with Crippen molar-refractivity contribution in [1.29, 1.82) is 0 Å². The summed E-state index contributed by atoms with van der Waals surface area (Å²) in [6.45, 7) is 5.43. The molecule has 1 aromatic rings. The molecule has 1 saturated heterocycles. The zero-order valence-corrected chi connectivity index (χ0v) is 16.2. The summed E-state index contributed by atoms with van der Waals surface area (Å²) < 4.78 is 18.4. The normalized spacial score (nSPS) is 23.4. The van der Waals surface area contributed by atoms with Crippen molar-refractivity contribution in [3.8, 4) is 0 Å². The smallest absolute Gasteiger partial charge is 0.269 e. The molecule has 0 aromatic heterocycles. The fourth-order valence-electron chi connectivity index (χ4n) is 3.38. The molecule has 1 saturated carbocycles. The molecule has 1 amide bonds. The molecule has 0 bridgehead atoms. The van der Waals surface area contributed by atoms with Gasteiger partial charge in [-0.2, -0.15) is 0 Å². The fraction of sp³-hybridized carbons (Fsp3) is 0.476. The molecule has 3 rings (SSSR count). The second-order valence-electron chi connectivity index (χ2n) is 7.14. The number of hydrogen-bond donors (Lipinski definition) is 2. The van der Waals surface area contributed by atoms with E-state index >= 15 is 0 Å². The van der Waals surface area contributed by atoms with Gasteiger partial charge in [-0.05, 0) is 49.8 Å². The highest BCUT2D eigenvalue weighted by Crippen LogP contribution is 2.40. The maximum Gasteiger partial charge on any atom is 0.269 e. The van der Waals surface area contributed by atoms with Crippen molar-refractivity contribution < 1.29 is 13.9 Å². The molecule has 1 aromatic carbocycles. The lowest BCUT2D eigenvalue weighted by molar-refractivity contribution is -0.115. The Morgan fingerprint density at radius 1 is 1.32 bits per heavy atom. The minimum Gasteiger partial charge on any atom is -0.381 e. The number of amides is 1. The predicted molar refractivity (Wildman–Crippen MR) is 109 cm³/mol. The molecule has 2 atom stereocenters. The fourth-order valence-corrected chi connectivity index (χ4v) is 3.38. The Morgan fingerprint density at radius 3 is 2.68 bits per heavy atom. The molecule has 2 fully saturated rings. The third-order valence-electron chi connectivity index (χ3n) is 5.17. The second kappa shape index (κ2) is 9.71. The largest absolute Gasteiger partial charge is 0.381 e. The molecular weight excluding hydrogens is 359 g/mol. The first-order valence-corrected chi connectivity index (χ1v) is 9.62. The summed E-state index contributed by atoms with van der Waals surface area (Å²) in [5.41, 5.74) is 2.12. The van der Waals surface area contributed by atoms with Gasteiger partial charge in [-0.15, -0.1) is 0 Å². The van der Waals surface area contributed by atoms with E-state index in [-0.39, 0.29) is 17.8 Å². The summed E-state index contributed by atoms with van der Waals surface area (Å²) in [6.07, 6.45) is 4.29. The van der Waals surface area contributed by atoms with Gasteiger partial charge in [0.2, 0.25) is 0 Å². The van der Waals surface area contributed by atoms with Crippen LogP contribution in [0.25, 0.3) is 0 Å². The Kier molecular flexibility index (Phi) is 7.06. The van der Waals surface area contributed by atoms with E-state index in [9.17, 15) is 9.18 Å². The summed E-state index contributed by atoms with van der Waals surface area (Å²) in [6, 6.07) is 7.06. The van der Waals surface area contributed by atoms with Crippen LogP contribution in [0.2, 0.25) is 0 Å². The third kappa shape index (κ3) is 5.56. The van der Waals surface area contributed by atoms with Crippen molar-refractivity contribution >= 4 is 18.3 Å². The van der Waals surface area contributed by atoms with Gasteiger partial charge in [0.1, 0.15) is 11.5 Å². The lowest BCUT2D eigenvalue weighted by atomic mass is 10.1. The van der Waals surface area contributed by atoms with E-state index in [4.69, 9.17) is 4.74 Å². The first-order chi connectivity index (χ1) is 13.6. The molecule has 0 radical (unpaired) electrons. The summed E-state index contributed by atoms with van der Waals surface area (Å²) in [5, 5.41) is 6.42. The molecule has 1 aliphatic heterocycles. The summed E-state index contributed by atoms with van der Waals surface area (Å²) in [5.74, 6) is -0.0469. The van der Waals surface area contributed by atoms with Crippen molar-refractivity contribution in [2.45, 2.75) is 37.3 Å². The van der Waals surface area contributed by atoms with Gasteiger partial charge in [0.25, 0.3) is 5.91 Å². The standard InChI is InChI=1S/C21H27FN4O2/c1-23-17(11-20(24-2)21(27)26-16-7-9-28-10-8-16)13-25-19-12-18(19)14-3-5-15(22)6-4-14/h3-6,11,16,18-19,25H,1,7-10,12-13H2,2H3,(H,26,27)/b17-11-,24-20?/t18-,19+/m0/s1. The Labute approximate surface area is 165 Å². The van der Waals surface area contributed by atoms with Crippen LogP contribution < -0.4 is 10.6 Å². The minimum atomic E-state index is -0.222. The van der Waals surface area contributed by atoms with Gasteiger partial charge in [0.15, 0.2) is 0 Å². The topological polar surface area (TPSA) is 75.1 Å². The first-order valence-electron chi connectivity index (χ1n) is 9.62. The maximum atomic E-state index is 13.0. The van der Waals surface area contributed by atoms with E-state index in [1.54, 1.807) is 13.1 Å². The van der Waals surface area contributed by atoms with E-state index < -0.39 is 0 Å². The molecule has 0 spiro atoms. The van der Waals surface area contributed by atoms with Crippen LogP contribution in [0, 0.1) is 5.82 Å². The molecular formula is C21H27FN4O2. The average Bonchev–Trinajstić information content (AvgIpc) is 3.49. The monoisotopic (exact) mass is 386 g/mol. The van der Waals surface area contributed by atoms with E-state index in [0.717, 1.165) is 24.8 Å². The number of nitrogens with one attached hydrogen (secondary N) is 2. The van der Waals surface area contributed by atoms with Crippen LogP contribution in [0.15, 0.2) is 46.0 Å². The molecule has 2 aliphatic rings. The number of halogens is 1.